The lowest BCUT2D eigenvalue weighted by atomic mass is 10.2. The van der Waals surface area contributed by atoms with Crippen molar-refractivity contribution in [3.63, 3.8) is 0 Å². The van der Waals surface area contributed by atoms with Crippen molar-refractivity contribution in [2.45, 2.75) is 0 Å². The number of aliphatic imine (C=N–C) groups is 1. The topological polar surface area (TPSA) is 88.0 Å². The Morgan fingerprint density at radius 1 is 1.36 bits per heavy atom. The summed E-state index contributed by atoms with van der Waals surface area (Å²) in [5.41, 5.74) is 1.25. The first-order valence-electron chi connectivity index (χ1n) is 7.95. The Kier molecular flexibility index (Phi) is 6.19. The van der Waals surface area contributed by atoms with Crippen molar-refractivity contribution < 1.29 is 19.4 Å². The number of nitrogens with zero attached hydrogens (tertiary/aromatic N) is 1. The predicted octanol–water partition coefficient (Wildman–Crippen LogP) is 4.05. The molecule has 28 heavy (non-hydrogen) atoms. The summed E-state index contributed by atoms with van der Waals surface area (Å²) >= 11 is 4.55. The van der Waals surface area contributed by atoms with Crippen LogP contribution in [0.3, 0.4) is 0 Å². The zero-order valence-corrected chi connectivity index (χ0v) is 16.7. The number of nitrogens with one attached hydrogen (secondary N) is 1. The van der Waals surface area contributed by atoms with E-state index in [1.807, 2.05) is 12.1 Å². The molecule has 2 aromatic rings. The molecule has 0 saturated carbocycles. The summed E-state index contributed by atoms with van der Waals surface area (Å²) in [6.45, 7) is 0.115. The molecule has 0 aliphatic carbocycles. The summed E-state index contributed by atoms with van der Waals surface area (Å²) in [7, 11) is 0. The average Bonchev–Trinajstić information content (AvgIpc) is 3.00. The number of ether oxygens (including phenoxy) is 1. The Morgan fingerprint density at radius 3 is 2.93 bits per heavy atom. The molecule has 1 aliphatic rings. The average molecular weight is 457 g/mol. The van der Waals surface area contributed by atoms with Crippen LogP contribution in [-0.2, 0) is 4.79 Å². The molecule has 0 spiro atoms. The fourth-order valence-corrected chi connectivity index (χ4v) is 3.54. The van der Waals surface area contributed by atoms with Gasteiger partial charge in [-0.25, -0.2) is 9.79 Å². The Morgan fingerprint density at radius 2 is 2.18 bits per heavy atom. The molecule has 6 nitrogen and oxygen atoms in total. The fourth-order valence-electron chi connectivity index (χ4n) is 2.33. The molecule has 2 aromatic carbocycles. The summed E-state index contributed by atoms with van der Waals surface area (Å²) < 4.78 is 6.35. The molecule has 0 radical (unpaired) electrons. The molecular formula is C20H13BrN2O4S. The lowest BCUT2D eigenvalue weighted by Crippen LogP contribution is -2.19. The quantitative estimate of drug-likeness (QED) is 0.523. The van der Waals surface area contributed by atoms with Crippen LogP contribution in [0.4, 0.5) is 5.69 Å². The monoisotopic (exact) mass is 456 g/mol. The standard InChI is InChI=1S/C20H13BrN2O4S/c1-2-8-27-16-7-6-14(21)9-13(16)11-17-18(24)23-20(28-17)22-15-5-3-4-12(10-15)19(25)26/h1,3-7,9-11H,8H2,(H,25,26)(H,22,23,24). The van der Waals surface area contributed by atoms with E-state index in [1.165, 1.54) is 12.1 Å². The van der Waals surface area contributed by atoms with Crippen molar-refractivity contribution in [3.05, 3.63) is 63.0 Å². The maximum atomic E-state index is 12.3. The molecule has 140 valence electrons. The zero-order chi connectivity index (χ0) is 20.1. The number of carbonyl (C=O) groups is 2. The SMILES string of the molecule is C#CCOc1ccc(Br)cc1C=C1SC(=Nc2cccc(C(=O)O)c2)NC1=O. The Balaban J connectivity index is 1.87. The third kappa shape index (κ3) is 4.82. The van der Waals surface area contributed by atoms with E-state index in [0.717, 1.165) is 16.2 Å². The normalized spacial score (nSPS) is 16.1. The minimum atomic E-state index is -1.04. The first kappa shape index (κ1) is 19.7. The molecule has 1 aliphatic heterocycles. The third-order valence-electron chi connectivity index (χ3n) is 3.54. The lowest BCUT2D eigenvalue weighted by molar-refractivity contribution is -0.115. The Hall–Kier alpha value is -3.02. The Bertz CT molecular complexity index is 1060. The van der Waals surface area contributed by atoms with Crippen LogP contribution in [0.15, 0.2) is 56.8 Å². The van der Waals surface area contributed by atoms with Crippen LogP contribution >= 0.6 is 27.7 Å². The van der Waals surface area contributed by atoms with E-state index in [9.17, 15) is 9.59 Å². The van der Waals surface area contributed by atoms with Crippen molar-refractivity contribution in [2.75, 3.05) is 6.61 Å². The molecular weight excluding hydrogens is 444 g/mol. The molecule has 1 heterocycles. The van der Waals surface area contributed by atoms with E-state index in [2.05, 4.69) is 32.2 Å². The number of halogens is 1. The molecule has 2 N–H and O–H groups in total. The van der Waals surface area contributed by atoms with Crippen molar-refractivity contribution in [1.82, 2.24) is 5.32 Å². The minimum Gasteiger partial charge on any atom is -0.480 e. The van der Waals surface area contributed by atoms with Gasteiger partial charge in [0.05, 0.1) is 16.2 Å². The zero-order valence-electron chi connectivity index (χ0n) is 14.3. The second kappa shape index (κ2) is 8.78. The van der Waals surface area contributed by atoms with E-state index >= 15 is 0 Å². The van der Waals surface area contributed by atoms with Crippen LogP contribution in [-0.4, -0.2) is 28.8 Å². The van der Waals surface area contributed by atoms with Crippen molar-refractivity contribution in [1.29, 1.82) is 0 Å². The summed E-state index contributed by atoms with van der Waals surface area (Å²) in [6.07, 6.45) is 6.93. The maximum Gasteiger partial charge on any atom is 0.335 e. The first-order valence-corrected chi connectivity index (χ1v) is 9.56. The first-order chi connectivity index (χ1) is 13.5. The summed E-state index contributed by atoms with van der Waals surface area (Å²) in [5.74, 6) is 1.62. The number of carbonyl (C=O) groups excluding carboxylic acids is 1. The van der Waals surface area contributed by atoms with E-state index in [-0.39, 0.29) is 18.1 Å². The molecule has 0 bridgehead atoms. The number of amides is 1. The summed E-state index contributed by atoms with van der Waals surface area (Å²) in [4.78, 5) is 28.1. The molecule has 0 atom stereocenters. The van der Waals surface area contributed by atoms with Gasteiger partial charge in [0, 0.05) is 10.0 Å². The molecule has 8 heteroatoms. The van der Waals surface area contributed by atoms with Gasteiger partial charge in [-0.2, -0.15) is 0 Å². The van der Waals surface area contributed by atoms with Gasteiger partial charge in [-0.05, 0) is 54.2 Å². The second-order valence-corrected chi connectivity index (χ2v) is 7.46. The molecule has 0 unspecified atom stereocenters. The number of rotatable bonds is 5. The number of carboxylic acids is 1. The van der Waals surface area contributed by atoms with Gasteiger partial charge in [0.15, 0.2) is 5.17 Å². The van der Waals surface area contributed by atoms with Crippen LogP contribution in [0.1, 0.15) is 15.9 Å². The number of hydrogen-bond acceptors (Lipinski definition) is 5. The molecule has 3 rings (SSSR count). The number of benzene rings is 2. The minimum absolute atomic E-state index is 0.115. The highest BCUT2D eigenvalue weighted by molar-refractivity contribution is 9.10. The van der Waals surface area contributed by atoms with Gasteiger partial charge in [0.25, 0.3) is 5.91 Å². The van der Waals surface area contributed by atoms with E-state index in [1.54, 1.807) is 24.3 Å². The van der Waals surface area contributed by atoms with Crippen LogP contribution in [0.25, 0.3) is 6.08 Å². The van der Waals surface area contributed by atoms with Crippen molar-refractivity contribution in [3.8, 4) is 18.1 Å². The van der Waals surface area contributed by atoms with E-state index in [0.29, 0.717) is 27.1 Å². The predicted molar refractivity (Wildman–Crippen MR) is 113 cm³/mol. The van der Waals surface area contributed by atoms with Crippen LogP contribution in [0.2, 0.25) is 0 Å². The Labute approximate surface area is 173 Å². The van der Waals surface area contributed by atoms with Gasteiger partial charge in [-0.1, -0.05) is 27.9 Å². The number of carboxylic acid groups (broad SMARTS) is 1. The fraction of sp³-hybridized carbons (Fsp3) is 0.0500. The molecule has 0 aromatic heterocycles. The lowest BCUT2D eigenvalue weighted by Gasteiger charge is -2.07. The third-order valence-corrected chi connectivity index (χ3v) is 4.95. The largest absolute Gasteiger partial charge is 0.480 e. The van der Waals surface area contributed by atoms with Crippen LogP contribution < -0.4 is 10.1 Å². The highest BCUT2D eigenvalue weighted by Crippen LogP contribution is 2.32. The van der Waals surface area contributed by atoms with E-state index in [4.69, 9.17) is 16.3 Å². The summed E-state index contributed by atoms with van der Waals surface area (Å²) in [6, 6.07) is 11.6. The van der Waals surface area contributed by atoms with Gasteiger partial charge in [0.1, 0.15) is 12.4 Å². The highest BCUT2D eigenvalue weighted by Gasteiger charge is 2.24. The number of terminal acetylenes is 1. The van der Waals surface area contributed by atoms with Gasteiger partial charge in [0.2, 0.25) is 0 Å². The maximum absolute atomic E-state index is 12.3. The van der Waals surface area contributed by atoms with Gasteiger partial charge < -0.3 is 15.2 Å². The van der Waals surface area contributed by atoms with Gasteiger partial charge in [-0.3, -0.25) is 4.79 Å². The number of thioether (sulfide) groups is 1. The smallest absolute Gasteiger partial charge is 0.335 e. The highest BCUT2D eigenvalue weighted by atomic mass is 79.9. The van der Waals surface area contributed by atoms with Crippen molar-refractivity contribution >= 4 is 56.5 Å². The van der Waals surface area contributed by atoms with Gasteiger partial charge in [-0.15, -0.1) is 6.42 Å². The van der Waals surface area contributed by atoms with Crippen LogP contribution in [0, 0.1) is 12.3 Å². The number of aromatic carboxylic acids is 1. The summed E-state index contributed by atoms with van der Waals surface area (Å²) in [5, 5.41) is 12.1. The van der Waals surface area contributed by atoms with Crippen LogP contribution in [0.5, 0.6) is 5.75 Å². The van der Waals surface area contributed by atoms with E-state index < -0.39 is 5.97 Å². The van der Waals surface area contributed by atoms with Crippen molar-refractivity contribution in [2.24, 2.45) is 4.99 Å². The number of amidine groups is 1. The second-order valence-electron chi connectivity index (χ2n) is 5.51. The molecule has 1 fully saturated rings. The number of hydrogen-bond donors (Lipinski definition) is 2. The molecule has 1 saturated heterocycles. The van der Waals surface area contributed by atoms with Gasteiger partial charge >= 0.3 is 5.97 Å². The molecule has 1 amide bonds.